The Balaban J connectivity index is 1.68. The van der Waals surface area contributed by atoms with Gasteiger partial charge in [-0.3, -0.25) is 4.79 Å². The Kier molecular flexibility index (Phi) is 7.00. The fourth-order valence-electron chi connectivity index (χ4n) is 2.04. The summed E-state index contributed by atoms with van der Waals surface area (Å²) in [5, 5.41) is 0. The topological polar surface area (TPSA) is 52.6 Å². The number of carbonyl (C=O) groups is 2. The van der Waals surface area contributed by atoms with E-state index in [1.165, 1.54) is 0 Å². The van der Waals surface area contributed by atoms with Crippen molar-refractivity contribution in [1.29, 1.82) is 0 Å². The average molecular weight is 391 g/mol. The van der Waals surface area contributed by atoms with Crippen LogP contribution in [0.5, 0.6) is 5.75 Å². The van der Waals surface area contributed by atoms with Gasteiger partial charge in [-0.15, -0.1) is 0 Å². The number of halogens is 1. The van der Waals surface area contributed by atoms with Crippen molar-refractivity contribution in [3.05, 3.63) is 64.1 Å². The van der Waals surface area contributed by atoms with E-state index in [1.54, 1.807) is 0 Å². The maximum absolute atomic E-state index is 11.7. The third-order valence-corrected chi connectivity index (χ3v) is 3.95. The lowest BCUT2D eigenvalue weighted by Gasteiger charge is -2.08. The van der Waals surface area contributed by atoms with Crippen LogP contribution in [0, 0.1) is 6.92 Å². The van der Waals surface area contributed by atoms with Gasteiger partial charge < -0.3 is 9.47 Å². The normalized spacial score (nSPS) is 10.2. The molecule has 0 aliphatic heterocycles. The molecule has 2 aromatic rings. The van der Waals surface area contributed by atoms with E-state index in [4.69, 9.17) is 9.47 Å². The molecule has 0 atom stereocenters. The van der Waals surface area contributed by atoms with Crippen LogP contribution in [0.25, 0.3) is 0 Å². The Hall–Kier alpha value is -2.14. The van der Waals surface area contributed by atoms with Gasteiger partial charge in [-0.1, -0.05) is 36.4 Å². The number of ether oxygens (including phenoxy) is 2. The molecule has 0 N–H and O–H groups in total. The number of hydrogen-bond donors (Lipinski definition) is 0. The van der Waals surface area contributed by atoms with Gasteiger partial charge in [0.1, 0.15) is 12.4 Å². The predicted molar refractivity (Wildman–Crippen MR) is 94.9 cm³/mol. The molecule has 0 saturated heterocycles. The summed E-state index contributed by atoms with van der Waals surface area (Å²) in [7, 11) is 0. The van der Waals surface area contributed by atoms with Crippen LogP contribution in [0.1, 0.15) is 24.0 Å². The van der Waals surface area contributed by atoms with Gasteiger partial charge in [0, 0.05) is 6.42 Å². The molecular weight excluding hydrogens is 372 g/mol. The summed E-state index contributed by atoms with van der Waals surface area (Å²) in [4.78, 5) is 23.4. The minimum absolute atomic E-state index is 0.108. The standard InChI is InChI=1S/C19H19BrO4/c1-14-9-10-18(16(20)12-14)23-11-5-8-17(21)19(22)24-13-15-6-3-2-4-7-15/h2-4,6-7,9-10,12H,5,8,11,13H2,1H3. The van der Waals surface area contributed by atoms with Crippen molar-refractivity contribution in [2.24, 2.45) is 0 Å². The molecule has 24 heavy (non-hydrogen) atoms. The molecule has 0 aliphatic rings. The number of Topliss-reactive ketones (excluding diaryl/α,β-unsaturated/α-hetero) is 1. The Morgan fingerprint density at radius 2 is 1.83 bits per heavy atom. The van der Waals surface area contributed by atoms with E-state index < -0.39 is 11.8 Å². The number of hydrogen-bond acceptors (Lipinski definition) is 4. The molecule has 0 aromatic heterocycles. The molecule has 0 bridgehead atoms. The van der Waals surface area contributed by atoms with Gasteiger partial charge in [0.2, 0.25) is 5.78 Å². The first-order valence-electron chi connectivity index (χ1n) is 7.69. The highest BCUT2D eigenvalue weighted by atomic mass is 79.9. The van der Waals surface area contributed by atoms with Crippen LogP contribution in [0.15, 0.2) is 53.0 Å². The number of ketones is 1. The SMILES string of the molecule is Cc1ccc(OCCCC(=O)C(=O)OCc2ccccc2)c(Br)c1. The Labute approximate surface area is 149 Å². The molecular formula is C19H19BrO4. The molecule has 4 nitrogen and oxygen atoms in total. The Morgan fingerprint density at radius 1 is 1.08 bits per heavy atom. The number of rotatable bonds is 8. The van der Waals surface area contributed by atoms with Crippen LogP contribution in [0.2, 0.25) is 0 Å². The van der Waals surface area contributed by atoms with Gasteiger partial charge in [0.05, 0.1) is 11.1 Å². The van der Waals surface area contributed by atoms with E-state index in [1.807, 2.05) is 55.5 Å². The van der Waals surface area contributed by atoms with E-state index in [0.29, 0.717) is 13.0 Å². The van der Waals surface area contributed by atoms with Crippen molar-refractivity contribution in [1.82, 2.24) is 0 Å². The van der Waals surface area contributed by atoms with E-state index in [9.17, 15) is 9.59 Å². The van der Waals surface area contributed by atoms with Gasteiger partial charge in [-0.25, -0.2) is 4.79 Å². The lowest BCUT2D eigenvalue weighted by atomic mass is 10.2. The summed E-state index contributed by atoms with van der Waals surface area (Å²) >= 11 is 3.43. The van der Waals surface area contributed by atoms with Gasteiger partial charge >= 0.3 is 5.97 Å². The largest absolute Gasteiger partial charge is 0.492 e. The van der Waals surface area contributed by atoms with Gasteiger partial charge in [0.15, 0.2) is 0 Å². The van der Waals surface area contributed by atoms with Crippen LogP contribution in [-0.4, -0.2) is 18.4 Å². The third kappa shape index (κ3) is 5.81. The lowest BCUT2D eigenvalue weighted by molar-refractivity contribution is -0.154. The number of aryl methyl sites for hydroxylation is 1. The van der Waals surface area contributed by atoms with Gasteiger partial charge in [0.25, 0.3) is 0 Å². The molecule has 0 spiro atoms. The molecule has 5 heteroatoms. The zero-order chi connectivity index (χ0) is 17.4. The van der Waals surface area contributed by atoms with Gasteiger partial charge in [-0.05, 0) is 52.5 Å². The van der Waals surface area contributed by atoms with Gasteiger partial charge in [-0.2, -0.15) is 0 Å². The summed E-state index contributed by atoms with van der Waals surface area (Å²) in [6.07, 6.45) is 0.566. The highest BCUT2D eigenvalue weighted by molar-refractivity contribution is 9.10. The fraction of sp³-hybridized carbons (Fsp3) is 0.263. The van der Waals surface area contributed by atoms with E-state index in [2.05, 4.69) is 15.9 Å². The number of esters is 1. The van der Waals surface area contributed by atoms with Crippen LogP contribution in [-0.2, 0) is 20.9 Å². The van der Waals surface area contributed by atoms with Crippen molar-refractivity contribution >= 4 is 27.7 Å². The van der Waals surface area contributed by atoms with Crippen molar-refractivity contribution in [2.45, 2.75) is 26.4 Å². The fourth-order valence-corrected chi connectivity index (χ4v) is 2.65. The van der Waals surface area contributed by atoms with E-state index in [-0.39, 0.29) is 13.0 Å². The lowest BCUT2D eigenvalue weighted by Crippen LogP contribution is -2.18. The van der Waals surface area contributed by atoms with Crippen molar-refractivity contribution in [3.63, 3.8) is 0 Å². The van der Waals surface area contributed by atoms with Crippen molar-refractivity contribution < 1.29 is 19.1 Å². The van der Waals surface area contributed by atoms with Crippen LogP contribution >= 0.6 is 15.9 Å². The molecule has 0 aliphatic carbocycles. The first-order valence-corrected chi connectivity index (χ1v) is 8.48. The van der Waals surface area contributed by atoms with E-state index in [0.717, 1.165) is 21.3 Å². The molecule has 2 rings (SSSR count). The smallest absolute Gasteiger partial charge is 0.374 e. The van der Waals surface area contributed by atoms with Crippen LogP contribution in [0.4, 0.5) is 0 Å². The molecule has 0 fully saturated rings. The highest BCUT2D eigenvalue weighted by Crippen LogP contribution is 2.25. The molecule has 0 amide bonds. The molecule has 0 radical (unpaired) electrons. The molecule has 0 unspecified atom stereocenters. The van der Waals surface area contributed by atoms with E-state index >= 15 is 0 Å². The summed E-state index contributed by atoms with van der Waals surface area (Å²) in [6, 6.07) is 15.0. The maximum Gasteiger partial charge on any atom is 0.374 e. The average Bonchev–Trinajstić information content (AvgIpc) is 2.58. The second kappa shape index (κ2) is 9.23. The second-order valence-corrected chi connectivity index (χ2v) is 6.23. The van der Waals surface area contributed by atoms with Crippen LogP contribution in [0.3, 0.4) is 0 Å². The summed E-state index contributed by atoms with van der Waals surface area (Å²) in [5.41, 5.74) is 1.98. The Morgan fingerprint density at radius 3 is 2.54 bits per heavy atom. The van der Waals surface area contributed by atoms with Crippen LogP contribution < -0.4 is 4.74 Å². The summed E-state index contributed by atoms with van der Waals surface area (Å²) in [5.74, 6) is -0.604. The summed E-state index contributed by atoms with van der Waals surface area (Å²) < 4.78 is 11.5. The van der Waals surface area contributed by atoms with Crippen molar-refractivity contribution in [3.8, 4) is 5.75 Å². The Bertz CT molecular complexity index is 698. The monoisotopic (exact) mass is 390 g/mol. The minimum atomic E-state index is -0.796. The molecule has 2 aromatic carbocycles. The minimum Gasteiger partial charge on any atom is -0.492 e. The second-order valence-electron chi connectivity index (χ2n) is 5.37. The molecule has 0 saturated carbocycles. The first-order chi connectivity index (χ1) is 11.6. The quantitative estimate of drug-likeness (QED) is 0.384. The van der Waals surface area contributed by atoms with Crippen molar-refractivity contribution in [2.75, 3.05) is 6.61 Å². The number of carbonyl (C=O) groups excluding carboxylic acids is 2. The highest BCUT2D eigenvalue weighted by Gasteiger charge is 2.15. The molecule has 0 heterocycles. The third-order valence-electron chi connectivity index (χ3n) is 3.33. The predicted octanol–water partition coefficient (Wildman–Crippen LogP) is 4.23. The first kappa shape index (κ1) is 18.2. The number of benzene rings is 2. The zero-order valence-corrected chi connectivity index (χ0v) is 15.0. The molecule has 126 valence electrons. The maximum atomic E-state index is 11.7. The summed E-state index contributed by atoms with van der Waals surface area (Å²) in [6.45, 7) is 2.46. The zero-order valence-electron chi connectivity index (χ0n) is 13.5.